The van der Waals surface area contributed by atoms with Crippen molar-refractivity contribution >= 4 is 5.97 Å². The minimum Gasteiger partial charge on any atom is -0.466 e. The maximum absolute atomic E-state index is 11.5. The van der Waals surface area contributed by atoms with Crippen LogP contribution in [0.3, 0.4) is 0 Å². The highest BCUT2D eigenvalue weighted by atomic mass is 16.5. The molecule has 1 aromatic carbocycles. The van der Waals surface area contributed by atoms with E-state index in [1.807, 2.05) is 19.1 Å². The Kier molecular flexibility index (Phi) is 5.34. The Morgan fingerprint density at radius 2 is 2.06 bits per heavy atom. The molecule has 0 aliphatic rings. The number of nitriles is 1. The molecule has 1 rings (SSSR count). The van der Waals surface area contributed by atoms with Crippen LogP contribution in [0.5, 0.6) is 0 Å². The van der Waals surface area contributed by atoms with Gasteiger partial charge in [-0.25, -0.2) is 0 Å². The van der Waals surface area contributed by atoms with Gasteiger partial charge in [0.05, 0.1) is 24.7 Å². The molecule has 0 aromatic heterocycles. The van der Waals surface area contributed by atoms with E-state index in [2.05, 4.69) is 6.07 Å². The van der Waals surface area contributed by atoms with Gasteiger partial charge in [-0.15, -0.1) is 0 Å². The van der Waals surface area contributed by atoms with Crippen LogP contribution in [-0.2, 0) is 28.9 Å². The molecular formula is C14H18N2O2. The predicted octanol–water partition coefficient (Wildman–Crippen LogP) is 1.68. The van der Waals surface area contributed by atoms with Crippen molar-refractivity contribution in [2.24, 2.45) is 5.73 Å². The van der Waals surface area contributed by atoms with Crippen LogP contribution >= 0.6 is 0 Å². The van der Waals surface area contributed by atoms with Crippen molar-refractivity contribution in [3.05, 3.63) is 34.4 Å². The van der Waals surface area contributed by atoms with E-state index in [-0.39, 0.29) is 18.9 Å². The van der Waals surface area contributed by atoms with Crippen molar-refractivity contribution in [1.82, 2.24) is 0 Å². The zero-order valence-corrected chi connectivity index (χ0v) is 10.8. The van der Waals surface area contributed by atoms with Gasteiger partial charge in [-0.1, -0.05) is 19.1 Å². The maximum atomic E-state index is 11.5. The summed E-state index contributed by atoms with van der Waals surface area (Å²) in [5.74, 6) is -0.291. The fraction of sp³-hybridized carbons (Fsp3) is 0.429. The molecule has 4 heteroatoms. The van der Waals surface area contributed by atoms with E-state index in [1.54, 1.807) is 6.92 Å². The number of nitrogens with two attached hydrogens (primary N) is 1. The first-order valence-electron chi connectivity index (χ1n) is 6.07. The summed E-state index contributed by atoms with van der Waals surface area (Å²) in [5.41, 5.74) is 8.80. The van der Waals surface area contributed by atoms with Crippen LogP contribution in [0, 0.1) is 11.3 Å². The fourth-order valence-electron chi connectivity index (χ4n) is 1.94. The van der Waals surface area contributed by atoms with E-state index in [0.29, 0.717) is 12.2 Å². The van der Waals surface area contributed by atoms with Crippen LogP contribution < -0.4 is 5.73 Å². The van der Waals surface area contributed by atoms with Crippen LogP contribution in [0.15, 0.2) is 12.1 Å². The molecule has 0 spiro atoms. The molecular weight excluding hydrogens is 228 g/mol. The van der Waals surface area contributed by atoms with E-state index >= 15 is 0 Å². The zero-order chi connectivity index (χ0) is 13.5. The number of nitrogens with zero attached hydrogens (tertiary/aromatic N) is 1. The lowest BCUT2D eigenvalue weighted by Gasteiger charge is -2.12. The molecule has 0 atom stereocenters. The summed E-state index contributed by atoms with van der Waals surface area (Å²) in [4.78, 5) is 11.5. The molecule has 0 radical (unpaired) electrons. The quantitative estimate of drug-likeness (QED) is 0.802. The third-order valence-corrected chi connectivity index (χ3v) is 2.83. The average Bonchev–Trinajstić information content (AvgIpc) is 2.38. The molecule has 96 valence electrons. The van der Waals surface area contributed by atoms with Crippen molar-refractivity contribution < 1.29 is 9.53 Å². The van der Waals surface area contributed by atoms with E-state index in [1.165, 1.54) is 0 Å². The smallest absolute Gasteiger partial charge is 0.310 e. The highest BCUT2D eigenvalue weighted by Crippen LogP contribution is 2.20. The number of rotatable bonds is 5. The first-order valence-corrected chi connectivity index (χ1v) is 6.07. The lowest BCUT2D eigenvalue weighted by Crippen LogP contribution is -2.13. The highest BCUT2D eigenvalue weighted by molar-refractivity contribution is 5.73. The lowest BCUT2D eigenvalue weighted by molar-refractivity contribution is -0.142. The molecule has 4 nitrogen and oxygen atoms in total. The summed E-state index contributed by atoms with van der Waals surface area (Å²) in [5, 5.41) is 9.20. The van der Waals surface area contributed by atoms with E-state index < -0.39 is 0 Å². The first kappa shape index (κ1) is 14.2. The van der Waals surface area contributed by atoms with Gasteiger partial charge in [0, 0.05) is 6.54 Å². The third-order valence-electron chi connectivity index (χ3n) is 2.83. The van der Waals surface area contributed by atoms with Gasteiger partial charge >= 0.3 is 5.97 Å². The molecule has 0 heterocycles. The summed E-state index contributed by atoms with van der Waals surface area (Å²) in [7, 11) is 0. The average molecular weight is 246 g/mol. The maximum Gasteiger partial charge on any atom is 0.310 e. The Morgan fingerprint density at radius 1 is 1.39 bits per heavy atom. The molecule has 0 saturated heterocycles. The lowest BCUT2D eigenvalue weighted by atomic mass is 9.94. The number of carbonyl (C=O) groups is 1. The van der Waals surface area contributed by atoms with Gasteiger partial charge in [0.1, 0.15) is 0 Å². The second-order valence-electron chi connectivity index (χ2n) is 3.89. The molecule has 0 saturated carbocycles. The van der Waals surface area contributed by atoms with E-state index in [9.17, 15) is 10.1 Å². The normalized spacial score (nSPS) is 9.89. The minimum atomic E-state index is -0.291. The van der Waals surface area contributed by atoms with Gasteiger partial charge in [0.25, 0.3) is 0 Å². The Hall–Kier alpha value is -1.86. The van der Waals surface area contributed by atoms with Crippen LogP contribution in [0.4, 0.5) is 0 Å². The van der Waals surface area contributed by atoms with Crippen molar-refractivity contribution in [1.29, 1.82) is 5.26 Å². The minimum absolute atomic E-state index is 0.166. The number of esters is 1. The molecule has 18 heavy (non-hydrogen) atoms. The van der Waals surface area contributed by atoms with E-state index in [0.717, 1.165) is 23.1 Å². The fourth-order valence-corrected chi connectivity index (χ4v) is 1.94. The SMILES string of the molecule is CCOC(=O)Cc1ccc(CC)c(C#N)c1CN. The number of benzene rings is 1. The number of aryl methyl sites for hydroxylation is 1. The Morgan fingerprint density at radius 3 is 2.56 bits per heavy atom. The van der Waals surface area contributed by atoms with Crippen molar-refractivity contribution in [2.75, 3.05) is 6.61 Å². The van der Waals surface area contributed by atoms with Crippen molar-refractivity contribution in [2.45, 2.75) is 33.2 Å². The number of hydrogen-bond acceptors (Lipinski definition) is 4. The Balaban J connectivity index is 3.14. The topological polar surface area (TPSA) is 76.1 Å². The van der Waals surface area contributed by atoms with Crippen molar-refractivity contribution in [3.63, 3.8) is 0 Å². The monoisotopic (exact) mass is 246 g/mol. The second kappa shape index (κ2) is 6.77. The Labute approximate surface area is 107 Å². The van der Waals surface area contributed by atoms with Gasteiger partial charge in [-0.2, -0.15) is 5.26 Å². The zero-order valence-electron chi connectivity index (χ0n) is 10.8. The van der Waals surface area contributed by atoms with Gasteiger partial charge in [-0.3, -0.25) is 4.79 Å². The molecule has 1 aromatic rings. The van der Waals surface area contributed by atoms with Gasteiger partial charge in [0.15, 0.2) is 0 Å². The highest BCUT2D eigenvalue weighted by Gasteiger charge is 2.14. The van der Waals surface area contributed by atoms with Crippen LogP contribution in [0.25, 0.3) is 0 Å². The van der Waals surface area contributed by atoms with Gasteiger partial charge in [0.2, 0.25) is 0 Å². The van der Waals surface area contributed by atoms with Crippen LogP contribution in [-0.4, -0.2) is 12.6 Å². The third kappa shape index (κ3) is 3.08. The van der Waals surface area contributed by atoms with Gasteiger partial charge < -0.3 is 10.5 Å². The van der Waals surface area contributed by atoms with Crippen LogP contribution in [0.1, 0.15) is 36.1 Å². The molecule has 0 aliphatic heterocycles. The summed E-state index contributed by atoms with van der Waals surface area (Å²) >= 11 is 0. The largest absolute Gasteiger partial charge is 0.466 e. The molecule has 0 aliphatic carbocycles. The summed E-state index contributed by atoms with van der Waals surface area (Å²) in [6, 6.07) is 5.92. The Bertz CT molecular complexity index is 475. The van der Waals surface area contributed by atoms with E-state index in [4.69, 9.17) is 10.5 Å². The predicted molar refractivity (Wildman–Crippen MR) is 68.8 cm³/mol. The summed E-state index contributed by atoms with van der Waals surface area (Å²) in [6.07, 6.45) is 0.939. The summed E-state index contributed by atoms with van der Waals surface area (Å²) in [6.45, 7) is 4.37. The van der Waals surface area contributed by atoms with Gasteiger partial charge in [-0.05, 0) is 30.0 Å². The molecule has 0 fully saturated rings. The number of ether oxygens (including phenoxy) is 1. The molecule has 0 amide bonds. The van der Waals surface area contributed by atoms with Crippen LogP contribution in [0.2, 0.25) is 0 Å². The molecule has 2 N–H and O–H groups in total. The second-order valence-corrected chi connectivity index (χ2v) is 3.89. The molecule has 0 unspecified atom stereocenters. The first-order chi connectivity index (χ1) is 8.67. The summed E-state index contributed by atoms with van der Waals surface area (Å²) < 4.78 is 4.91. The number of carbonyl (C=O) groups excluding carboxylic acids is 1. The molecule has 0 bridgehead atoms. The number of hydrogen-bond donors (Lipinski definition) is 1. The standard InChI is InChI=1S/C14H18N2O2/c1-3-10-5-6-11(7-14(17)18-4-2)13(9-16)12(10)8-15/h5-6H,3-4,7,9,16H2,1-2H3. The van der Waals surface area contributed by atoms with Crippen molar-refractivity contribution in [3.8, 4) is 6.07 Å².